The molecule has 2 aliphatic heterocycles. The number of halogens is 1. The van der Waals surface area contributed by atoms with Crippen LogP contribution in [0.25, 0.3) is 0 Å². The Bertz CT molecular complexity index is 654. The summed E-state index contributed by atoms with van der Waals surface area (Å²) in [4.78, 5) is 29.0. The summed E-state index contributed by atoms with van der Waals surface area (Å²) in [5, 5.41) is 0. The molecule has 1 saturated heterocycles. The van der Waals surface area contributed by atoms with Crippen LogP contribution in [0.4, 0.5) is 4.39 Å². The highest BCUT2D eigenvalue weighted by Gasteiger charge is 2.32. The minimum atomic E-state index is -0.355. The Morgan fingerprint density at radius 3 is 2.58 bits per heavy atom. The quantitative estimate of drug-likeness (QED) is 0.783. The second kappa shape index (κ2) is 7.16. The predicted octanol–water partition coefficient (Wildman–Crippen LogP) is 2.86. The van der Waals surface area contributed by atoms with Crippen LogP contribution in [-0.4, -0.2) is 47.8 Å². The van der Waals surface area contributed by atoms with Crippen molar-refractivity contribution in [3.8, 4) is 0 Å². The fourth-order valence-corrected chi connectivity index (χ4v) is 3.50. The molecule has 1 atom stereocenters. The van der Waals surface area contributed by atoms with Gasteiger partial charge >= 0.3 is 0 Å². The average Bonchev–Trinajstić information content (AvgIpc) is 2.61. The molecule has 4 nitrogen and oxygen atoms in total. The highest BCUT2D eigenvalue weighted by molar-refractivity contribution is 5.94. The Morgan fingerprint density at radius 2 is 1.88 bits per heavy atom. The minimum Gasteiger partial charge on any atom is -0.338 e. The van der Waals surface area contributed by atoms with E-state index < -0.39 is 0 Å². The van der Waals surface area contributed by atoms with Gasteiger partial charge in [0.25, 0.3) is 5.91 Å². The predicted molar refractivity (Wildman–Crippen MR) is 90.0 cm³/mol. The van der Waals surface area contributed by atoms with E-state index in [2.05, 4.69) is 6.08 Å². The lowest BCUT2D eigenvalue weighted by Crippen LogP contribution is -2.47. The smallest absolute Gasteiger partial charge is 0.253 e. The molecule has 2 aliphatic rings. The zero-order chi connectivity index (χ0) is 17.1. The molecule has 0 saturated carbocycles. The van der Waals surface area contributed by atoms with E-state index in [4.69, 9.17) is 0 Å². The Labute approximate surface area is 141 Å². The van der Waals surface area contributed by atoms with Crippen molar-refractivity contribution in [2.24, 2.45) is 5.92 Å². The van der Waals surface area contributed by atoms with Crippen molar-refractivity contribution in [3.63, 3.8) is 0 Å². The lowest BCUT2D eigenvalue weighted by atomic mass is 9.95. The van der Waals surface area contributed by atoms with E-state index in [0.717, 1.165) is 25.8 Å². The monoisotopic (exact) mass is 330 g/mol. The molecular formula is C19H23FN2O2. The van der Waals surface area contributed by atoms with Gasteiger partial charge in [0.05, 0.1) is 5.92 Å². The fourth-order valence-electron chi connectivity index (χ4n) is 3.50. The van der Waals surface area contributed by atoms with Gasteiger partial charge in [0.15, 0.2) is 0 Å². The van der Waals surface area contributed by atoms with Crippen molar-refractivity contribution in [3.05, 3.63) is 47.3 Å². The maximum atomic E-state index is 13.0. The molecule has 2 amide bonds. The first kappa shape index (κ1) is 16.7. The van der Waals surface area contributed by atoms with Gasteiger partial charge in [0, 0.05) is 31.7 Å². The van der Waals surface area contributed by atoms with Gasteiger partial charge in [0.1, 0.15) is 5.82 Å². The van der Waals surface area contributed by atoms with Crippen molar-refractivity contribution in [1.82, 2.24) is 9.80 Å². The van der Waals surface area contributed by atoms with Crippen molar-refractivity contribution in [2.45, 2.75) is 26.2 Å². The largest absolute Gasteiger partial charge is 0.338 e. The van der Waals surface area contributed by atoms with Crippen LogP contribution in [0.3, 0.4) is 0 Å². The number of carbonyl (C=O) groups excluding carboxylic acids is 2. The van der Waals surface area contributed by atoms with Crippen molar-refractivity contribution < 1.29 is 14.0 Å². The summed E-state index contributed by atoms with van der Waals surface area (Å²) in [6, 6.07) is 5.59. The third-order valence-electron chi connectivity index (χ3n) is 4.79. The summed E-state index contributed by atoms with van der Waals surface area (Å²) in [6.45, 7) is 4.61. The Hall–Kier alpha value is -2.17. The van der Waals surface area contributed by atoms with Crippen LogP contribution in [0.1, 0.15) is 36.5 Å². The maximum Gasteiger partial charge on any atom is 0.253 e. The molecule has 0 bridgehead atoms. The number of amides is 2. The van der Waals surface area contributed by atoms with E-state index in [9.17, 15) is 14.0 Å². The SMILES string of the molecule is CC1=CCCN(C(=O)C2CCCN(C(=O)c3ccc(F)cc3)C2)C1. The molecule has 3 rings (SSSR count). The first-order valence-corrected chi connectivity index (χ1v) is 8.54. The summed E-state index contributed by atoms with van der Waals surface area (Å²) in [6.07, 6.45) is 4.73. The van der Waals surface area contributed by atoms with E-state index in [1.165, 1.54) is 29.8 Å². The molecule has 1 fully saturated rings. The number of hydrogen-bond donors (Lipinski definition) is 0. The van der Waals surface area contributed by atoms with E-state index >= 15 is 0 Å². The molecular weight excluding hydrogens is 307 g/mol. The topological polar surface area (TPSA) is 40.6 Å². The van der Waals surface area contributed by atoms with Crippen LogP contribution < -0.4 is 0 Å². The number of hydrogen-bond acceptors (Lipinski definition) is 2. The molecule has 128 valence electrons. The van der Waals surface area contributed by atoms with Gasteiger partial charge < -0.3 is 9.80 Å². The van der Waals surface area contributed by atoms with Crippen LogP contribution in [-0.2, 0) is 4.79 Å². The normalized spacial score (nSPS) is 21.4. The molecule has 0 spiro atoms. The number of likely N-dealkylation sites (tertiary alicyclic amines) is 1. The maximum absolute atomic E-state index is 13.0. The molecule has 0 aliphatic carbocycles. The number of rotatable bonds is 2. The van der Waals surface area contributed by atoms with E-state index in [1.807, 2.05) is 11.8 Å². The first-order valence-electron chi connectivity index (χ1n) is 8.54. The molecule has 0 aromatic heterocycles. The Balaban J connectivity index is 1.65. The molecule has 24 heavy (non-hydrogen) atoms. The van der Waals surface area contributed by atoms with Gasteiger partial charge in [-0.15, -0.1) is 0 Å². The van der Waals surface area contributed by atoms with Gasteiger partial charge in [-0.2, -0.15) is 0 Å². The summed E-state index contributed by atoms with van der Waals surface area (Å²) >= 11 is 0. The minimum absolute atomic E-state index is 0.123. The Kier molecular flexibility index (Phi) is 4.97. The number of carbonyl (C=O) groups is 2. The van der Waals surface area contributed by atoms with Gasteiger partial charge in [-0.25, -0.2) is 4.39 Å². The molecule has 1 unspecified atom stereocenters. The van der Waals surface area contributed by atoms with Crippen LogP contribution >= 0.6 is 0 Å². The van der Waals surface area contributed by atoms with Gasteiger partial charge in [-0.1, -0.05) is 11.6 Å². The average molecular weight is 330 g/mol. The highest BCUT2D eigenvalue weighted by Crippen LogP contribution is 2.22. The van der Waals surface area contributed by atoms with Crippen LogP contribution in [0, 0.1) is 11.7 Å². The molecule has 1 aromatic rings. The zero-order valence-electron chi connectivity index (χ0n) is 14.0. The fraction of sp³-hybridized carbons (Fsp3) is 0.474. The highest BCUT2D eigenvalue weighted by atomic mass is 19.1. The van der Waals surface area contributed by atoms with E-state index in [0.29, 0.717) is 25.2 Å². The standard InChI is InChI=1S/C19H23FN2O2/c1-14-4-2-10-21(12-14)19(24)16-5-3-11-22(13-16)18(23)15-6-8-17(20)9-7-15/h4,6-9,16H,2-3,5,10-13H2,1H3. The third-order valence-corrected chi connectivity index (χ3v) is 4.79. The second-order valence-corrected chi connectivity index (χ2v) is 6.70. The summed E-state index contributed by atoms with van der Waals surface area (Å²) in [7, 11) is 0. The van der Waals surface area contributed by atoms with Crippen molar-refractivity contribution >= 4 is 11.8 Å². The molecule has 1 aromatic carbocycles. The van der Waals surface area contributed by atoms with Crippen LogP contribution in [0.5, 0.6) is 0 Å². The molecule has 0 radical (unpaired) electrons. The Morgan fingerprint density at radius 1 is 1.12 bits per heavy atom. The lowest BCUT2D eigenvalue weighted by molar-refractivity contribution is -0.136. The second-order valence-electron chi connectivity index (χ2n) is 6.70. The van der Waals surface area contributed by atoms with Gasteiger partial charge in [-0.05, 0) is 50.5 Å². The molecule has 5 heteroatoms. The molecule has 2 heterocycles. The summed E-state index contributed by atoms with van der Waals surface area (Å²) in [5.41, 5.74) is 1.70. The van der Waals surface area contributed by atoms with Crippen molar-refractivity contribution in [2.75, 3.05) is 26.2 Å². The number of piperidine rings is 1. The lowest BCUT2D eigenvalue weighted by Gasteiger charge is -2.36. The zero-order valence-corrected chi connectivity index (χ0v) is 14.0. The van der Waals surface area contributed by atoms with Crippen molar-refractivity contribution in [1.29, 1.82) is 0 Å². The third kappa shape index (κ3) is 3.66. The first-order chi connectivity index (χ1) is 11.5. The van der Waals surface area contributed by atoms with E-state index in [1.54, 1.807) is 4.90 Å². The number of nitrogens with zero attached hydrogens (tertiary/aromatic N) is 2. The van der Waals surface area contributed by atoms with Crippen LogP contribution in [0.2, 0.25) is 0 Å². The van der Waals surface area contributed by atoms with Gasteiger partial charge in [0.2, 0.25) is 5.91 Å². The molecule has 0 N–H and O–H groups in total. The summed E-state index contributed by atoms with van der Waals surface area (Å²) < 4.78 is 13.0. The van der Waals surface area contributed by atoms with E-state index in [-0.39, 0.29) is 23.5 Å². The number of benzene rings is 1. The summed E-state index contributed by atoms with van der Waals surface area (Å²) in [5.74, 6) is -0.456. The van der Waals surface area contributed by atoms with Gasteiger partial charge in [-0.3, -0.25) is 9.59 Å². The van der Waals surface area contributed by atoms with Crippen LogP contribution in [0.15, 0.2) is 35.9 Å².